The van der Waals surface area contributed by atoms with Crippen LogP contribution in [0.2, 0.25) is 5.02 Å². The SMILES string of the molecule is CNC(C)(CCn1cc(Cl)c(C)n1)C(=O)O. The number of aryl methyl sites for hydroxylation is 2. The van der Waals surface area contributed by atoms with Crippen molar-refractivity contribution in [2.24, 2.45) is 0 Å². The summed E-state index contributed by atoms with van der Waals surface area (Å²) in [5.41, 5.74) is -0.185. The molecule has 0 saturated carbocycles. The molecule has 1 aromatic rings. The van der Waals surface area contributed by atoms with E-state index in [1.807, 2.05) is 6.92 Å². The normalized spacial score (nSPS) is 14.8. The molecule has 1 heterocycles. The smallest absolute Gasteiger partial charge is 0.323 e. The van der Waals surface area contributed by atoms with Crippen LogP contribution in [0.3, 0.4) is 0 Å². The second-order valence-electron chi connectivity index (χ2n) is 3.96. The van der Waals surface area contributed by atoms with Crippen molar-refractivity contribution in [2.45, 2.75) is 32.4 Å². The molecule has 0 aromatic carbocycles. The van der Waals surface area contributed by atoms with Crippen molar-refractivity contribution in [3.8, 4) is 0 Å². The Bertz CT molecular complexity index is 372. The molecule has 0 radical (unpaired) electrons. The van der Waals surface area contributed by atoms with Crippen LogP contribution in [0, 0.1) is 6.92 Å². The lowest BCUT2D eigenvalue weighted by Crippen LogP contribution is -2.48. The Morgan fingerprint density at radius 2 is 2.38 bits per heavy atom. The predicted molar refractivity (Wildman–Crippen MR) is 61.7 cm³/mol. The number of nitrogens with zero attached hydrogens (tertiary/aromatic N) is 2. The molecule has 0 spiro atoms. The molecule has 90 valence electrons. The highest BCUT2D eigenvalue weighted by Crippen LogP contribution is 2.15. The first kappa shape index (κ1) is 13.0. The molecule has 0 amide bonds. The van der Waals surface area contributed by atoms with Crippen LogP contribution in [0.1, 0.15) is 19.0 Å². The van der Waals surface area contributed by atoms with E-state index in [1.165, 1.54) is 0 Å². The van der Waals surface area contributed by atoms with E-state index in [2.05, 4.69) is 10.4 Å². The molecule has 6 heteroatoms. The largest absolute Gasteiger partial charge is 0.480 e. The highest BCUT2D eigenvalue weighted by Gasteiger charge is 2.30. The summed E-state index contributed by atoms with van der Waals surface area (Å²) in [7, 11) is 1.63. The molecule has 1 rings (SSSR count). The maximum absolute atomic E-state index is 11.0. The number of hydrogen-bond acceptors (Lipinski definition) is 3. The Hall–Kier alpha value is -1.07. The van der Waals surface area contributed by atoms with Gasteiger partial charge in [-0.1, -0.05) is 11.6 Å². The lowest BCUT2D eigenvalue weighted by molar-refractivity contribution is -0.144. The number of aromatic nitrogens is 2. The zero-order valence-corrected chi connectivity index (χ0v) is 10.4. The molecule has 5 nitrogen and oxygen atoms in total. The van der Waals surface area contributed by atoms with E-state index in [-0.39, 0.29) is 0 Å². The summed E-state index contributed by atoms with van der Waals surface area (Å²) in [5, 5.41) is 16.6. The number of carbonyl (C=O) groups is 1. The number of rotatable bonds is 5. The maximum atomic E-state index is 11.0. The zero-order valence-electron chi connectivity index (χ0n) is 9.62. The van der Waals surface area contributed by atoms with Crippen LogP contribution in [0.5, 0.6) is 0 Å². The fourth-order valence-corrected chi connectivity index (χ4v) is 1.44. The Kier molecular flexibility index (Phi) is 3.93. The summed E-state index contributed by atoms with van der Waals surface area (Å²) < 4.78 is 1.66. The van der Waals surface area contributed by atoms with Crippen molar-refractivity contribution in [1.29, 1.82) is 0 Å². The number of halogens is 1. The molecule has 1 unspecified atom stereocenters. The van der Waals surface area contributed by atoms with E-state index in [4.69, 9.17) is 16.7 Å². The van der Waals surface area contributed by atoms with Gasteiger partial charge in [-0.3, -0.25) is 9.48 Å². The molecule has 0 aliphatic rings. The topological polar surface area (TPSA) is 67.2 Å². The second kappa shape index (κ2) is 4.84. The van der Waals surface area contributed by atoms with Gasteiger partial charge in [0.15, 0.2) is 0 Å². The van der Waals surface area contributed by atoms with Crippen molar-refractivity contribution < 1.29 is 9.90 Å². The second-order valence-corrected chi connectivity index (χ2v) is 4.37. The molecule has 0 bridgehead atoms. The lowest BCUT2D eigenvalue weighted by Gasteiger charge is -2.23. The summed E-state index contributed by atoms with van der Waals surface area (Å²) >= 11 is 5.86. The van der Waals surface area contributed by atoms with Crippen molar-refractivity contribution in [3.63, 3.8) is 0 Å². The third-order valence-corrected chi connectivity index (χ3v) is 3.12. The van der Waals surface area contributed by atoms with Gasteiger partial charge in [0.25, 0.3) is 0 Å². The van der Waals surface area contributed by atoms with Gasteiger partial charge in [0.2, 0.25) is 0 Å². The molecule has 0 saturated heterocycles. The van der Waals surface area contributed by atoms with E-state index < -0.39 is 11.5 Å². The van der Waals surface area contributed by atoms with Crippen LogP contribution in [0.25, 0.3) is 0 Å². The molecular weight excluding hydrogens is 230 g/mol. The molecular formula is C10H16ClN3O2. The monoisotopic (exact) mass is 245 g/mol. The summed E-state index contributed by atoms with van der Waals surface area (Å²) in [6.07, 6.45) is 2.14. The van der Waals surface area contributed by atoms with Gasteiger partial charge in [0, 0.05) is 12.7 Å². The van der Waals surface area contributed by atoms with Crippen molar-refractivity contribution in [2.75, 3.05) is 7.05 Å². The molecule has 2 N–H and O–H groups in total. The van der Waals surface area contributed by atoms with Gasteiger partial charge in [-0.15, -0.1) is 0 Å². The fraction of sp³-hybridized carbons (Fsp3) is 0.600. The number of carboxylic acids is 1. The average Bonchev–Trinajstić information content (AvgIpc) is 2.55. The molecule has 0 fully saturated rings. The lowest BCUT2D eigenvalue weighted by atomic mass is 9.98. The Morgan fingerprint density at radius 3 is 2.75 bits per heavy atom. The summed E-state index contributed by atoms with van der Waals surface area (Å²) in [6, 6.07) is 0. The molecule has 0 aliphatic heterocycles. The van der Waals surface area contributed by atoms with Crippen LogP contribution >= 0.6 is 11.6 Å². The first-order valence-corrected chi connectivity index (χ1v) is 5.38. The van der Waals surface area contributed by atoms with Gasteiger partial charge < -0.3 is 10.4 Å². The minimum absolute atomic E-state index is 0.441. The predicted octanol–water partition coefficient (Wildman–Crippen LogP) is 1.30. The number of aliphatic carboxylic acids is 1. The van der Waals surface area contributed by atoms with Gasteiger partial charge in [-0.05, 0) is 27.3 Å². The quantitative estimate of drug-likeness (QED) is 0.821. The van der Waals surface area contributed by atoms with Crippen LogP contribution in [-0.4, -0.2) is 33.4 Å². The average molecular weight is 246 g/mol. The van der Waals surface area contributed by atoms with Gasteiger partial charge in [-0.2, -0.15) is 5.10 Å². The van der Waals surface area contributed by atoms with Gasteiger partial charge in [-0.25, -0.2) is 0 Å². The number of nitrogens with one attached hydrogen (secondary N) is 1. The summed E-state index contributed by atoms with van der Waals surface area (Å²) in [5.74, 6) is -0.870. The third kappa shape index (κ3) is 2.74. The van der Waals surface area contributed by atoms with Gasteiger partial charge >= 0.3 is 5.97 Å². The fourth-order valence-electron chi connectivity index (χ4n) is 1.29. The Balaban J connectivity index is 2.66. The molecule has 1 atom stereocenters. The Morgan fingerprint density at radius 1 is 1.75 bits per heavy atom. The third-order valence-electron chi connectivity index (χ3n) is 2.75. The molecule has 0 aliphatic carbocycles. The van der Waals surface area contributed by atoms with Gasteiger partial charge in [0.05, 0.1) is 10.7 Å². The summed E-state index contributed by atoms with van der Waals surface area (Å²) in [4.78, 5) is 11.0. The van der Waals surface area contributed by atoms with Crippen LogP contribution in [0.4, 0.5) is 0 Å². The van der Waals surface area contributed by atoms with E-state index in [0.29, 0.717) is 18.0 Å². The standard InChI is InChI=1S/C10H16ClN3O2/c1-7-8(11)6-14(13-7)5-4-10(2,12-3)9(15)16/h6,12H,4-5H2,1-3H3,(H,15,16). The number of carboxylic acid groups (broad SMARTS) is 1. The minimum Gasteiger partial charge on any atom is -0.480 e. The van der Waals surface area contributed by atoms with E-state index in [1.54, 1.807) is 24.9 Å². The number of hydrogen-bond donors (Lipinski definition) is 2. The number of likely N-dealkylation sites (N-methyl/N-ethyl adjacent to an activating group) is 1. The summed E-state index contributed by atoms with van der Waals surface area (Å²) in [6.45, 7) is 3.97. The highest BCUT2D eigenvalue weighted by molar-refractivity contribution is 6.31. The van der Waals surface area contributed by atoms with Crippen LogP contribution in [0.15, 0.2) is 6.20 Å². The van der Waals surface area contributed by atoms with E-state index >= 15 is 0 Å². The van der Waals surface area contributed by atoms with Crippen LogP contribution in [-0.2, 0) is 11.3 Å². The van der Waals surface area contributed by atoms with Crippen molar-refractivity contribution in [1.82, 2.24) is 15.1 Å². The van der Waals surface area contributed by atoms with Crippen molar-refractivity contribution >= 4 is 17.6 Å². The van der Waals surface area contributed by atoms with E-state index in [0.717, 1.165) is 5.69 Å². The molecule has 16 heavy (non-hydrogen) atoms. The molecule has 1 aromatic heterocycles. The van der Waals surface area contributed by atoms with E-state index in [9.17, 15) is 4.79 Å². The van der Waals surface area contributed by atoms with Gasteiger partial charge in [0.1, 0.15) is 5.54 Å². The maximum Gasteiger partial charge on any atom is 0.323 e. The van der Waals surface area contributed by atoms with Crippen molar-refractivity contribution in [3.05, 3.63) is 16.9 Å². The first-order chi connectivity index (χ1) is 7.39. The first-order valence-electron chi connectivity index (χ1n) is 5.01. The Labute approximate surface area is 99.4 Å². The van der Waals surface area contributed by atoms with Crippen LogP contribution < -0.4 is 5.32 Å². The minimum atomic E-state index is -0.938. The highest BCUT2D eigenvalue weighted by atomic mass is 35.5. The zero-order chi connectivity index (χ0) is 12.3.